The first-order valence-corrected chi connectivity index (χ1v) is 7.57. The largest absolute Gasteiger partial charge is 0.487 e. The van der Waals surface area contributed by atoms with Crippen LogP contribution in [0.1, 0.15) is 33.6 Å². The van der Waals surface area contributed by atoms with Gasteiger partial charge in [0.2, 0.25) is 0 Å². The van der Waals surface area contributed by atoms with Crippen molar-refractivity contribution in [3.63, 3.8) is 0 Å². The normalized spacial score (nSPS) is 23.3. The Morgan fingerprint density at radius 3 is 3.06 bits per heavy atom. The van der Waals surface area contributed by atoms with Crippen LogP contribution in [0, 0.1) is 0 Å². The minimum atomic E-state index is 0.172. The molecule has 0 aliphatic carbocycles. The maximum absolute atomic E-state index is 5.76. The van der Waals surface area contributed by atoms with E-state index in [9.17, 15) is 0 Å². The Kier molecular flexibility index (Phi) is 4.38. The first-order chi connectivity index (χ1) is 8.59. The molecule has 1 atom stereocenters. The number of thioether (sulfide) groups is 1. The summed E-state index contributed by atoms with van der Waals surface area (Å²) in [6, 6.07) is 3.88. The molecule has 0 radical (unpaired) electrons. The van der Waals surface area contributed by atoms with Gasteiger partial charge in [0.15, 0.2) is 11.6 Å². The molecule has 1 aliphatic heterocycles. The molecule has 1 aromatic heterocycles. The van der Waals surface area contributed by atoms with Gasteiger partial charge in [-0.2, -0.15) is 11.8 Å². The van der Waals surface area contributed by atoms with Crippen molar-refractivity contribution < 1.29 is 4.74 Å². The Morgan fingerprint density at radius 2 is 2.39 bits per heavy atom. The smallest absolute Gasteiger partial charge is 0.168 e. The molecule has 0 bridgehead atoms. The minimum Gasteiger partial charge on any atom is -0.487 e. The van der Waals surface area contributed by atoms with Crippen molar-refractivity contribution in [2.24, 2.45) is 0 Å². The van der Waals surface area contributed by atoms with Crippen LogP contribution < -0.4 is 10.1 Å². The van der Waals surface area contributed by atoms with Crippen molar-refractivity contribution >= 4 is 17.6 Å². The van der Waals surface area contributed by atoms with Crippen LogP contribution in [0.2, 0.25) is 0 Å². The van der Waals surface area contributed by atoms with Crippen molar-refractivity contribution in [2.45, 2.75) is 44.5 Å². The first kappa shape index (κ1) is 13.5. The highest BCUT2D eigenvalue weighted by molar-refractivity contribution is 8.00. The van der Waals surface area contributed by atoms with Crippen LogP contribution in [0.4, 0.5) is 5.82 Å². The van der Waals surface area contributed by atoms with E-state index in [2.05, 4.69) is 29.0 Å². The van der Waals surface area contributed by atoms with Crippen LogP contribution in [-0.4, -0.2) is 28.1 Å². The fourth-order valence-electron chi connectivity index (χ4n) is 2.12. The van der Waals surface area contributed by atoms with Crippen LogP contribution in [0.5, 0.6) is 5.75 Å². The molecule has 0 saturated carbocycles. The lowest BCUT2D eigenvalue weighted by atomic mass is 10.1. The first-order valence-electron chi connectivity index (χ1n) is 6.59. The summed E-state index contributed by atoms with van der Waals surface area (Å²) in [4.78, 5) is 4.38. The Labute approximate surface area is 114 Å². The van der Waals surface area contributed by atoms with Gasteiger partial charge in [-0.05, 0) is 51.5 Å². The van der Waals surface area contributed by atoms with Gasteiger partial charge < -0.3 is 10.1 Å². The lowest BCUT2D eigenvalue weighted by Gasteiger charge is -2.24. The predicted octanol–water partition coefficient (Wildman–Crippen LogP) is 3.57. The second-order valence-electron chi connectivity index (χ2n) is 5.27. The number of ether oxygens (including phenoxy) is 1. The van der Waals surface area contributed by atoms with Crippen molar-refractivity contribution in [2.75, 3.05) is 17.6 Å². The molecule has 3 nitrogen and oxygen atoms in total. The van der Waals surface area contributed by atoms with Gasteiger partial charge in [-0.15, -0.1) is 0 Å². The molecule has 0 spiro atoms. The lowest BCUT2D eigenvalue weighted by Crippen LogP contribution is -2.27. The van der Waals surface area contributed by atoms with Crippen LogP contribution in [0.3, 0.4) is 0 Å². The molecular formula is C14H22N2OS. The summed E-state index contributed by atoms with van der Waals surface area (Å²) >= 11 is 2.05. The second-order valence-corrected chi connectivity index (χ2v) is 6.95. The fourth-order valence-corrected chi connectivity index (χ4v) is 3.36. The molecule has 1 fully saturated rings. The van der Waals surface area contributed by atoms with Gasteiger partial charge in [0, 0.05) is 17.5 Å². The van der Waals surface area contributed by atoms with E-state index in [1.165, 1.54) is 18.6 Å². The van der Waals surface area contributed by atoms with Gasteiger partial charge in [0.1, 0.15) is 0 Å². The average molecular weight is 266 g/mol. The summed E-state index contributed by atoms with van der Waals surface area (Å²) in [6.07, 6.45) is 4.57. The zero-order chi connectivity index (χ0) is 13.0. The van der Waals surface area contributed by atoms with E-state index in [4.69, 9.17) is 4.74 Å². The molecule has 4 heteroatoms. The summed E-state index contributed by atoms with van der Waals surface area (Å²) in [5.74, 6) is 2.98. The Balaban J connectivity index is 2.00. The molecule has 18 heavy (non-hydrogen) atoms. The number of nitrogens with zero attached hydrogens (tertiary/aromatic N) is 1. The molecule has 1 aliphatic rings. The van der Waals surface area contributed by atoms with Gasteiger partial charge in [-0.3, -0.25) is 0 Å². The third-order valence-electron chi connectivity index (χ3n) is 3.06. The number of pyridine rings is 1. The zero-order valence-electron chi connectivity index (χ0n) is 11.4. The van der Waals surface area contributed by atoms with E-state index in [1.807, 2.05) is 26.0 Å². The summed E-state index contributed by atoms with van der Waals surface area (Å²) in [7, 11) is 0. The lowest BCUT2D eigenvalue weighted by molar-refractivity contribution is 0.243. The van der Waals surface area contributed by atoms with Gasteiger partial charge in [0.25, 0.3) is 0 Å². The maximum Gasteiger partial charge on any atom is 0.168 e. The number of rotatable bonds is 5. The fraction of sp³-hybridized carbons (Fsp3) is 0.643. The molecular weight excluding hydrogens is 244 g/mol. The van der Waals surface area contributed by atoms with Crippen molar-refractivity contribution in [3.05, 3.63) is 18.3 Å². The highest BCUT2D eigenvalue weighted by atomic mass is 32.2. The van der Waals surface area contributed by atoms with Crippen LogP contribution in [0.15, 0.2) is 18.3 Å². The molecule has 1 aromatic rings. The summed E-state index contributed by atoms with van der Waals surface area (Å²) < 4.78 is 6.10. The third-order valence-corrected chi connectivity index (χ3v) is 4.60. The molecule has 2 heterocycles. The Hall–Kier alpha value is -0.900. The van der Waals surface area contributed by atoms with E-state index in [0.29, 0.717) is 4.75 Å². The zero-order valence-corrected chi connectivity index (χ0v) is 12.2. The summed E-state index contributed by atoms with van der Waals surface area (Å²) in [5, 5.41) is 3.44. The molecule has 1 N–H and O–H groups in total. The number of hydrogen-bond donors (Lipinski definition) is 1. The molecule has 1 saturated heterocycles. The van der Waals surface area contributed by atoms with Gasteiger partial charge in [0.05, 0.1) is 6.10 Å². The monoisotopic (exact) mass is 266 g/mol. The molecule has 100 valence electrons. The van der Waals surface area contributed by atoms with Crippen LogP contribution in [-0.2, 0) is 0 Å². The topological polar surface area (TPSA) is 34.1 Å². The van der Waals surface area contributed by atoms with Crippen LogP contribution in [0.25, 0.3) is 0 Å². The van der Waals surface area contributed by atoms with Crippen molar-refractivity contribution in [1.29, 1.82) is 0 Å². The summed E-state index contributed by atoms with van der Waals surface area (Å²) in [5.41, 5.74) is 0. The van der Waals surface area contributed by atoms with Crippen molar-refractivity contribution in [3.8, 4) is 5.75 Å². The third kappa shape index (κ3) is 3.55. The highest BCUT2D eigenvalue weighted by Crippen LogP contribution is 2.38. The van der Waals surface area contributed by atoms with Crippen molar-refractivity contribution in [1.82, 2.24) is 4.98 Å². The minimum absolute atomic E-state index is 0.172. The van der Waals surface area contributed by atoms with E-state index in [0.717, 1.165) is 18.1 Å². The molecule has 0 aromatic carbocycles. The quantitative estimate of drug-likeness (QED) is 0.883. The molecule has 0 amide bonds. The average Bonchev–Trinajstić information content (AvgIpc) is 2.75. The number of anilines is 1. The standard InChI is InChI=1S/C14H22N2OS/c1-11(2)17-12-6-4-8-15-13(12)16-10-14(3)7-5-9-18-14/h4,6,8,11H,5,7,9-10H2,1-3H3,(H,15,16). The molecule has 2 rings (SSSR count). The Morgan fingerprint density at radius 1 is 1.56 bits per heavy atom. The van der Waals surface area contributed by atoms with E-state index in [-0.39, 0.29) is 6.10 Å². The SMILES string of the molecule is CC(C)Oc1cccnc1NCC1(C)CCCS1. The van der Waals surface area contributed by atoms with Crippen LogP contribution >= 0.6 is 11.8 Å². The highest BCUT2D eigenvalue weighted by Gasteiger charge is 2.29. The second kappa shape index (κ2) is 5.83. The maximum atomic E-state index is 5.76. The van der Waals surface area contributed by atoms with E-state index < -0.39 is 0 Å². The molecule has 1 unspecified atom stereocenters. The number of nitrogens with one attached hydrogen (secondary N) is 1. The van der Waals surface area contributed by atoms with Gasteiger partial charge in [-0.25, -0.2) is 4.98 Å². The number of aromatic nitrogens is 1. The van der Waals surface area contributed by atoms with E-state index >= 15 is 0 Å². The predicted molar refractivity (Wildman–Crippen MR) is 78.6 cm³/mol. The summed E-state index contributed by atoms with van der Waals surface area (Å²) in [6.45, 7) is 7.34. The van der Waals surface area contributed by atoms with Gasteiger partial charge in [-0.1, -0.05) is 0 Å². The Bertz CT molecular complexity index is 389. The van der Waals surface area contributed by atoms with Gasteiger partial charge >= 0.3 is 0 Å². The number of hydrogen-bond acceptors (Lipinski definition) is 4. The van der Waals surface area contributed by atoms with E-state index in [1.54, 1.807) is 6.20 Å².